The van der Waals surface area contributed by atoms with Gasteiger partial charge in [0, 0.05) is 6.42 Å². The number of nitrogens with zero attached hydrogens (tertiary/aromatic N) is 4. The Hall–Kier alpha value is -2.24. The Morgan fingerprint density at radius 3 is 2.58 bits per heavy atom. The van der Waals surface area contributed by atoms with E-state index < -0.39 is 5.97 Å². The molecule has 6 nitrogen and oxygen atoms in total. The van der Waals surface area contributed by atoms with Crippen molar-refractivity contribution in [2.45, 2.75) is 32.7 Å². The van der Waals surface area contributed by atoms with Crippen LogP contribution in [0, 0.1) is 0 Å². The molecule has 0 saturated carbocycles. The van der Waals surface area contributed by atoms with Gasteiger partial charge in [0.05, 0.1) is 13.0 Å². The van der Waals surface area contributed by atoms with Crippen molar-refractivity contribution in [1.82, 2.24) is 20.2 Å². The van der Waals surface area contributed by atoms with Crippen molar-refractivity contribution in [3.8, 4) is 0 Å². The quantitative estimate of drug-likeness (QED) is 0.846. The van der Waals surface area contributed by atoms with E-state index in [4.69, 9.17) is 5.11 Å². The second-order valence-corrected chi connectivity index (χ2v) is 4.32. The maximum Gasteiger partial charge on any atom is 0.303 e. The summed E-state index contributed by atoms with van der Waals surface area (Å²) in [5.41, 5.74) is 2.38. The number of hydrogen-bond donors (Lipinski definition) is 1. The predicted octanol–water partition coefficient (Wildman–Crippen LogP) is 1.30. The Bertz CT molecular complexity index is 548. The standard InChI is InChI=1S/C13H16N4O2/c1-2-10-3-5-11(6-4-10)9-17-12(14-15-16-17)7-8-13(18)19/h3-6H,2,7-9H2,1H3,(H,18,19). The van der Waals surface area contributed by atoms with E-state index in [1.807, 2.05) is 12.1 Å². The van der Waals surface area contributed by atoms with Gasteiger partial charge in [-0.2, -0.15) is 0 Å². The zero-order valence-electron chi connectivity index (χ0n) is 10.8. The fourth-order valence-corrected chi connectivity index (χ4v) is 1.80. The lowest BCUT2D eigenvalue weighted by atomic mass is 10.1. The molecule has 1 heterocycles. The highest BCUT2D eigenvalue weighted by Gasteiger charge is 2.08. The number of tetrazole rings is 1. The van der Waals surface area contributed by atoms with Gasteiger partial charge in [-0.3, -0.25) is 4.79 Å². The van der Waals surface area contributed by atoms with Crippen molar-refractivity contribution >= 4 is 5.97 Å². The van der Waals surface area contributed by atoms with Crippen LogP contribution in [-0.4, -0.2) is 31.3 Å². The lowest BCUT2D eigenvalue weighted by Crippen LogP contribution is -2.09. The number of rotatable bonds is 6. The summed E-state index contributed by atoms with van der Waals surface area (Å²) < 4.78 is 1.64. The molecule has 0 unspecified atom stereocenters. The SMILES string of the molecule is CCc1ccc(Cn2nnnc2CCC(=O)O)cc1. The number of carboxylic acid groups (broad SMARTS) is 1. The Labute approximate surface area is 111 Å². The van der Waals surface area contributed by atoms with Gasteiger partial charge in [0.1, 0.15) is 0 Å². The number of hydrogen-bond acceptors (Lipinski definition) is 4. The Morgan fingerprint density at radius 2 is 1.95 bits per heavy atom. The third kappa shape index (κ3) is 3.61. The number of aliphatic carboxylic acids is 1. The van der Waals surface area contributed by atoms with Gasteiger partial charge in [-0.05, 0) is 28.0 Å². The molecule has 1 aromatic heterocycles. The van der Waals surface area contributed by atoms with Gasteiger partial charge in [0.2, 0.25) is 0 Å². The van der Waals surface area contributed by atoms with E-state index in [-0.39, 0.29) is 6.42 Å². The van der Waals surface area contributed by atoms with E-state index in [1.165, 1.54) is 5.56 Å². The van der Waals surface area contributed by atoms with Gasteiger partial charge in [0.25, 0.3) is 0 Å². The second-order valence-electron chi connectivity index (χ2n) is 4.32. The topological polar surface area (TPSA) is 80.9 Å². The lowest BCUT2D eigenvalue weighted by Gasteiger charge is -2.05. The number of carbonyl (C=O) groups is 1. The van der Waals surface area contributed by atoms with Gasteiger partial charge < -0.3 is 5.11 Å². The Kier molecular flexibility index (Phi) is 4.22. The smallest absolute Gasteiger partial charge is 0.303 e. The van der Waals surface area contributed by atoms with Crippen LogP contribution >= 0.6 is 0 Å². The first-order valence-corrected chi connectivity index (χ1v) is 6.23. The fourth-order valence-electron chi connectivity index (χ4n) is 1.80. The van der Waals surface area contributed by atoms with Gasteiger partial charge in [-0.25, -0.2) is 4.68 Å². The molecule has 0 saturated heterocycles. The van der Waals surface area contributed by atoms with Crippen LogP contribution in [0.25, 0.3) is 0 Å². The summed E-state index contributed by atoms with van der Waals surface area (Å²) in [4.78, 5) is 10.6. The number of aryl methyl sites for hydroxylation is 2. The average Bonchev–Trinajstić information content (AvgIpc) is 2.84. The molecule has 0 bridgehead atoms. The molecule has 0 spiro atoms. The normalized spacial score (nSPS) is 10.6. The first kappa shape index (κ1) is 13.2. The predicted molar refractivity (Wildman–Crippen MR) is 68.7 cm³/mol. The van der Waals surface area contributed by atoms with Gasteiger partial charge >= 0.3 is 5.97 Å². The third-order valence-electron chi connectivity index (χ3n) is 2.93. The van der Waals surface area contributed by atoms with E-state index in [0.29, 0.717) is 18.8 Å². The third-order valence-corrected chi connectivity index (χ3v) is 2.93. The minimum Gasteiger partial charge on any atom is -0.481 e. The maximum absolute atomic E-state index is 10.6. The molecular weight excluding hydrogens is 244 g/mol. The molecule has 19 heavy (non-hydrogen) atoms. The Balaban J connectivity index is 2.05. The minimum atomic E-state index is -0.846. The van der Waals surface area contributed by atoms with E-state index in [0.717, 1.165) is 12.0 Å². The van der Waals surface area contributed by atoms with Crippen LogP contribution in [0.4, 0.5) is 0 Å². The summed E-state index contributed by atoms with van der Waals surface area (Å²) in [5, 5.41) is 20.0. The van der Waals surface area contributed by atoms with Crippen LogP contribution in [0.2, 0.25) is 0 Å². The van der Waals surface area contributed by atoms with Crippen molar-refractivity contribution in [3.05, 3.63) is 41.2 Å². The molecule has 0 aliphatic rings. The minimum absolute atomic E-state index is 0.0369. The highest BCUT2D eigenvalue weighted by molar-refractivity contribution is 5.66. The first-order chi connectivity index (χ1) is 9.19. The van der Waals surface area contributed by atoms with Crippen LogP contribution in [0.3, 0.4) is 0 Å². The highest BCUT2D eigenvalue weighted by Crippen LogP contribution is 2.08. The molecule has 0 fully saturated rings. The molecule has 100 valence electrons. The number of carboxylic acids is 1. The molecule has 0 radical (unpaired) electrons. The zero-order valence-corrected chi connectivity index (χ0v) is 10.8. The summed E-state index contributed by atoms with van der Waals surface area (Å²) in [7, 11) is 0. The maximum atomic E-state index is 10.6. The van der Waals surface area contributed by atoms with Crippen LogP contribution in [0.15, 0.2) is 24.3 Å². The van der Waals surface area contributed by atoms with Crippen LogP contribution < -0.4 is 0 Å². The summed E-state index contributed by atoms with van der Waals surface area (Å²) in [5.74, 6) is -0.246. The highest BCUT2D eigenvalue weighted by atomic mass is 16.4. The zero-order chi connectivity index (χ0) is 13.7. The molecule has 6 heteroatoms. The largest absolute Gasteiger partial charge is 0.481 e. The molecule has 0 aliphatic carbocycles. The van der Waals surface area contributed by atoms with Crippen molar-refractivity contribution in [1.29, 1.82) is 0 Å². The van der Waals surface area contributed by atoms with Gasteiger partial charge in [-0.1, -0.05) is 31.2 Å². The average molecular weight is 260 g/mol. The van der Waals surface area contributed by atoms with E-state index in [9.17, 15) is 4.79 Å². The fraction of sp³-hybridized carbons (Fsp3) is 0.385. The van der Waals surface area contributed by atoms with Gasteiger partial charge in [-0.15, -0.1) is 5.10 Å². The molecule has 1 N–H and O–H groups in total. The summed E-state index contributed by atoms with van der Waals surface area (Å²) in [6.07, 6.45) is 1.39. The van der Waals surface area contributed by atoms with Crippen molar-refractivity contribution in [2.24, 2.45) is 0 Å². The molecule has 1 aromatic carbocycles. The summed E-state index contributed by atoms with van der Waals surface area (Å²) in [6.45, 7) is 2.67. The van der Waals surface area contributed by atoms with Crippen molar-refractivity contribution in [3.63, 3.8) is 0 Å². The molecule has 0 aliphatic heterocycles. The van der Waals surface area contributed by atoms with Crippen LogP contribution in [0.1, 0.15) is 30.3 Å². The van der Waals surface area contributed by atoms with E-state index >= 15 is 0 Å². The molecule has 0 amide bonds. The summed E-state index contributed by atoms with van der Waals surface area (Å²) in [6, 6.07) is 8.25. The molecule has 2 rings (SSSR count). The van der Waals surface area contributed by atoms with Crippen molar-refractivity contribution in [2.75, 3.05) is 0 Å². The molecular formula is C13H16N4O2. The first-order valence-electron chi connectivity index (χ1n) is 6.23. The Morgan fingerprint density at radius 1 is 1.26 bits per heavy atom. The van der Waals surface area contributed by atoms with E-state index in [1.54, 1.807) is 4.68 Å². The van der Waals surface area contributed by atoms with Crippen LogP contribution in [0.5, 0.6) is 0 Å². The second kappa shape index (κ2) is 6.08. The van der Waals surface area contributed by atoms with Crippen LogP contribution in [-0.2, 0) is 24.2 Å². The van der Waals surface area contributed by atoms with Gasteiger partial charge in [0.15, 0.2) is 5.82 Å². The molecule has 0 atom stereocenters. The van der Waals surface area contributed by atoms with Crippen molar-refractivity contribution < 1.29 is 9.90 Å². The summed E-state index contributed by atoms with van der Waals surface area (Å²) >= 11 is 0. The molecule has 2 aromatic rings. The monoisotopic (exact) mass is 260 g/mol. The van der Waals surface area contributed by atoms with E-state index in [2.05, 4.69) is 34.6 Å². The number of aromatic nitrogens is 4. The lowest BCUT2D eigenvalue weighted by molar-refractivity contribution is -0.137. The number of benzene rings is 1.